The third kappa shape index (κ3) is 4.62. The molecule has 0 aliphatic carbocycles. The van der Waals surface area contributed by atoms with Gasteiger partial charge in [0.2, 0.25) is 10.0 Å². The van der Waals surface area contributed by atoms with E-state index in [9.17, 15) is 13.2 Å². The van der Waals surface area contributed by atoms with Gasteiger partial charge in [0.1, 0.15) is 0 Å². The summed E-state index contributed by atoms with van der Waals surface area (Å²) in [5.41, 5.74) is 1.63. The summed E-state index contributed by atoms with van der Waals surface area (Å²) in [6.45, 7) is 5.09. The zero-order valence-corrected chi connectivity index (χ0v) is 17.3. The fourth-order valence-corrected chi connectivity index (χ4v) is 5.29. The van der Waals surface area contributed by atoms with Crippen molar-refractivity contribution in [3.8, 4) is 0 Å². The second-order valence-electron chi connectivity index (χ2n) is 7.51. The van der Waals surface area contributed by atoms with E-state index in [4.69, 9.17) is 0 Å². The first-order valence-corrected chi connectivity index (χ1v) is 11.3. The predicted molar refractivity (Wildman–Crippen MR) is 111 cm³/mol. The number of carbonyl (C=O) groups is 1. The Balaban J connectivity index is 1.64. The first-order valence-electron chi connectivity index (χ1n) is 9.84. The van der Waals surface area contributed by atoms with Crippen LogP contribution in [-0.2, 0) is 10.0 Å². The maximum Gasteiger partial charge on any atom is 0.251 e. The van der Waals surface area contributed by atoms with Gasteiger partial charge in [-0.3, -0.25) is 4.79 Å². The van der Waals surface area contributed by atoms with Crippen LogP contribution in [0.4, 0.5) is 0 Å². The molecule has 6 heteroatoms. The Hall–Kier alpha value is -2.18. The van der Waals surface area contributed by atoms with Crippen LogP contribution >= 0.6 is 0 Å². The zero-order valence-electron chi connectivity index (χ0n) is 16.5. The van der Waals surface area contributed by atoms with Crippen molar-refractivity contribution in [2.24, 2.45) is 0 Å². The Kier molecular flexibility index (Phi) is 6.52. The van der Waals surface area contributed by atoms with Crippen molar-refractivity contribution in [2.45, 2.75) is 50.0 Å². The molecule has 1 saturated heterocycles. The van der Waals surface area contributed by atoms with Crippen molar-refractivity contribution in [3.63, 3.8) is 0 Å². The van der Waals surface area contributed by atoms with E-state index in [0.29, 0.717) is 18.7 Å². The summed E-state index contributed by atoms with van der Waals surface area (Å²) in [6.07, 6.45) is 2.84. The smallest absolute Gasteiger partial charge is 0.251 e. The summed E-state index contributed by atoms with van der Waals surface area (Å²) in [6, 6.07) is 16.3. The number of piperidine rings is 1. The predicted octanol–water partition coefficient (Wildman–Crippen LogP) is 3.78. The molecule has 0 bridgehead atoms. The Morgan fingerprint density at radius 3 is 2.43 bits per heavy atom. The first kappa shape index (κ1) is 20.6. The van der Waals surface area contributed by atoms with Gasteiger partial charge in [-0.05, 0) is 55.5 Å². The van der Waals surface area contributed by atoms with Gasteiger partial charge >= 0.3 is 0 Å². The van der Waals surface area contributed by atoms with E-state index in [-0.39, 0.29) is 22.8 Å². The molecule has 0 radical (unpaired) electrons. The number of hydrogen-bond acceptors (Lipinski definition) is 3. The highest BCUT2D eigenvalue weighted by Gasteiger charge is 2.30. The highest BCUT2D eigenvalue weighted by Crippen LogP contribution is 2.25. The van der Waals surface area contributed by atoms with Crippen LogP contribution in [0.1, 0.15) is 54.9 Å². The molecule has 0 saturated carbocycles. The molecule has 2 aromatic rings. The Morgan fingerprint density at radius 1 is 1.11 bits per heavy atom. The lowest BCUT2D eigenvalue weighted by molar-refractivity contribution is 0.0951. The van der Waals surface area contributed by atoms with Crippen molar-refractivity contribution in [1.82, 2.24) is 9.62 Å². The van der Waals surface area contributed by atoms with Gasteiger partial charge in [-0.15, -0.1) is 0 Å². The molecular formula is C22H28N2O3S. The van der Waals surface area contributed by atoms with Crippen molar-refractivity contribution < 1.29 is 13.2 Å². The number of benzene rings is 2. The molecule has 0 spiro atoms. The van der Waals surface area contributed by atoms with Gasteiger partial charge in [0, 0.05) is 24.7 Å². The Morgan fingerprint density at radius 2 is 1.79 bits per heavy atom. The molecule has 1 N–H and O–H groups in total. The summed E-state index contributed by atoms with van der Waals surface area (Å²) in [5, 5.41) is 2.93. The topological polar surface area (TPSA) is 66.5 Å². The van der Waals surface area contributed by atoms with Crippen LogP contribution in [0.2, 0.25) is 0 Å². The van der Waals surface area contributed by atoms with Crippen LogP contribution in [-0.4, -0.2) is 37.8 Å². The van der Waals surface area contributed by atoms with Gasteiger partial charge in [0.25, 0.3) is 5.91 Å². The molecule has 2 atom stereocenters. The molecule has 1 fully saturated rings. The average Bonchev–Trinajstić information content (AvgIpc) is 2.72. The summed E-state index contributed by atoms with van der Waals surface area (Å²) in [5.74, 6) is 0.00320. The van der Waals surface area contributed by atoms with Gasteiger partial charge in [-0.1, -0.05) is 43.7 Å². The van der Waals surface area contributed by atoms with Gasteiger partial charge in [0.05, 0.1) is 4.90 Å². The first-order chi connectivity index (χ1) is 13.4. The summed E-state index contributed by atoms with van der Waals surface area (Å²) < 4.78 is 27.3. The Bertz CT molecular complexity index is 895. The standard InChI is InChI=1S/C22H28N2O3S/c1-17(19-9-4-3-5-10-19)16-23-22(25)20-11-13-21(14-12-20)28(26,27)24-15-7-6-8-18(24)2/h3-5,9-14,17-18H,6-8,15-16H2,1-2H3,(H,23,25). The monoisotopic (exact) mass is 400 g/mol. The van der Waals surface area contributed by atoms with Crippen molar-refractivity contribution >= 4 is 15.9 Å². The molecule has 1 amide bonds. The number of amides is 1. The molecule has 2 unspecified atom stereocenters. The third-order valence-corrected chi connectivity index (χ3v) is 7.43. The lowest BCUT2D eigenvalue weighted by atomic mass is 10.0. The van der Waals surface area contributed by atoms with Crippen molar-refractivity contribution in [3.05, 3.63) is 65.7 Å². The molecule has 3 rings (SSSR count). The molecule has 1 heterocycles. The molecular weight excluding hydrogens is 372 g/mol. The van der Waals surface area contributed by atoms with E-state index in [0.717, 1.165) is 19.3 Å². The van der Waals surface area contributed by atoms with Crippen LogP contribution in [0.5, 0.6) is 0 Å². The second-order valence-corrected chi connectivity index (χ2v) is 9.40. The fraction of sp³-hybridized carbons (Fsp3) is 0.409. The summed E-state index contributed by atoms with van der Waals surface area (Å²) >= 11 is 0. The van der Waals surface area contributed by atoms with Gasteiger partial charge in [-0.2, -0.15) is 4.31 Å². The summed E-state index contributed by atoms with van der Waals surface area (Å²) in [7, 11) is -3.51. The van der Waals surface area contributed by atoms with Crippen LogP contribution in [0, 0.1) is 0 Å². The molecule has 5 nitrogen and oxygen atoms in total. The number of nitrogens with zero attached hydrogens (tertiary/aromatic N) is 1. The van der Waals surface area contributed by atoms with E-state index in [1.165, 1.54) is 17.7 Å². The van der Waals surface area contributed by atoms with Crippen LogP contribution in [0.3, 0.4) is 0 Å². The minimum atomic E-state index is -3.51. The van der Waals surface area contributed by atoms with Gasteiger partial charge in [-0.25, -0.2) is 8.42 Å². The maximum atomic E-state index is 12.9. The minimum Gasteiger partial charge on any atom is -0.351 e. The quantitative estimate of drug-likeness (QED) is 0.802. The number of nitrogens with one attached hydrogen (secondary N) is 1. The molecule has 1 aliphatic heterocycles. The van der Waals surface area contributed by atoms with E-state index >= 15 is 0 Å². The number of hydrogen-bond donors (Lipinski definition) is 1. The zero-order chi connectivity index (χ0) is 20.1. The van der Waals surface area contributed by atoms with Gasteiger partial charge in [0.15, 0.2) is 0 Å². The van der Waals surface area contributed by atoms with Crippen LogP contribution in [0.25, 0.3) is 0 Å². The van der Waals surface area contributed by atoms with E-state index in [2.05, 4.69) is 12.2 Å². The highest BCUT2D eigenvalue weighted by molar-refractivity contribution is 7.89. The average molecular weight is 401 g/mol. The van der Waals surface area contributed by atoms with Crippen LogP contribution < -0.4 is 5.32 Å². The second kappa shape index (κ2) is 8.88. The van der Waals surface area contributed by atoms with E-state index in [1.807, 2.05) is 37.3 Å². The van der Waals surface area contributed by atoms with E-state index in [1.54, 1.807) is 16.4 Å². The van der Waals surface area contributed by atoms with E-state index < -0.39 is 10.0 Å². The fourth-order valence-electron chi connectivity index (χ4n) is 3.59. The molecule has 28 heavy (non-hydrogen) atoms. The number of rotatable bonds is 6. The number of sulfonamides is 1. The van der Waals surface area contributed by atoms with Crippen LogP contribution in [0.15, 0.2) is 59.5 Å². The van der Waals surface area contributed by atoms with Crippen molar-refractivity contribution in [2.75, 3.05) is 13.1 Å². The summed E-state index contributed by atoms with van der Waals surface area (Å²) in [4.78, 5) is 12.7. The molecule has 2 aromatic carbocycles. The van der Waals surface area contributed by atoms with Crippen molar-refractivity contribution in [1.29, 1.82) is 0 Å². The normalized spacial score (nSPS) is 19.1. The molecule has 150 valence electrons. The Labute approximate surface area is 167 Å². The lowest BCUT2D eigenvalue weighted by Gasteiger charge is -2.32. The molecule has 1 aliphatic rings. The number of carbonyl (C=O) groups excluding carboxylic acids is 1. The SMILES string of the molecule is CC(CNC(=O)c1ccc(S(=O)(=O)N2CCCCC2C)cc1)c1ccccc1. The lowest BCUT2D eigenvalue weighted by Crippen LogP contribution is -2.41. The molecule has 0 aromatic heterocycles. The highest BCUT2D eigenvalue weighted by atomic mass is 32.2. The maximum absolute atomic E-state index is 12.9. The largest absolute Gasteiger partial charge is 0.351 e. The third-order valence-electron chi connectivity index (χ3n) is 5.40. The minimum absolute atomic E-state index is 0.0150. The van der Waals surface area contributed by atoms with Gasteiger partial charge < -0.3 is 5.32 Å².